The van der Waals surface area contributed by atoms with Gasteiger partial charge in [0.25, 0.3) is 0 Å². The Bertz CT molecular complexity index is 2470. The van der Waals surface area contributed by atoms with Crippen LogP contribution in [0.15, 0.2) is 70.5 Å². The maximum Gasteiger partial charge on any atom is 0.250 e. The monoisotopic (exact) mass is 786 g/mol. The van der Waals surface area contributed by atoms with Crippen LogP contribution in [0.2, 0.25) is 0 Å². The second-order valence-electron chi connectivity index (χ2n) is 16.9. The summed E-state index contributed by atoms with van der Waals surface area (Å²) >= 11 is 0. The smallest absolute Gasteiger partial charge is 0.250 e. The van der Waals surface area contributed by atoms with Crippen molar-refractivity contribution in [3.63, 3.8) is 0 Å². The van der Waals surface area contributed by atoms with E-state index in [4.69, 9.17) is 0 Å². The van der Waals surface area contributed by atoms with Crippen molar-refractivity contribution in [2.45, 2.75) is 109 Å². The average molecular weight is 787 g/mol. The third kappa shape index (κ3) is 6.33. The summed E-state index contributed by atoms with van der Waals surface area (Å²) in [5, 5.41) is 5.35. The largest absolute Gasteiger partial charge is 0.341 e. The fourth-order valence-electron chi connectivity index (χ4n) is 10.9. The van der Waals surface area contributed by atoms with Gasteiger partial charge in [0, 0.05) is 102 Å². The first-order valence-electron chi connectivity index (χ1n) is 21.1. The third-order valence-electron chi connectivity index (χ3n) is 13.7. The summed E-state index contributed by atoms with van der Waals surface area (Å²) in [6.45, 7) is 4.91. The molecule has 0 atom stereocenters. The summed E-state index contributed by atoms with van der Waals surface area (Å²) in [6, 6.07) is 13.9. The number of piperazine rings is 1. The number of nitrogens with zero attached hydrogens (tertiary/aromatic N) is 3. The second-order valence-corrected chi connectivity index (χ2v) is 16.9. The van der Waals surface area contributed by atoms with Crippen LogP contribution in [-0.2, 0) is 23.2 Å². The molecule has 2 saturated carbocycles. The molecule has 5 heterocycles. The molecule has 0 unspecified atom stereocenters. The normalized spacial score (nSPS) is 18.0. The van der Waals surface area contributed by atoms with Gasteiger partial charge in [-0.2, -0.15) is 0 Å². The Labute approximate surface area is 336 Å². The SMILES string of the molecule is Cc1c(F)cccc1Cc1c(C2(c3c(Cc4cccc(F)c4C)n(C4CCCCC4)c4cc(=O)[nH]cc34)CNCCN2C=O)c2c[nH]c(=O)cc2n1C1CCCCC1. The fraction of sp³-hybridized carbons (Fsp3) is 0.426. The highest BCUT2D eigenvalue weighted by Crippen LogP contribution is 2.51. The van der Waals surface area contributed by atoms with Crippen LogP contribution in [0.4, 0.5) is 8.78 Å². The summed E-state index contributed by atoms with van der Waals surface area (Å²) in [5.74, 6) is -0.573. The number of fused-ring (bicyclic) bond motifs is 2. The van der Waals surface area contributed by atoms with Gasteiger partial charge in [-0.1, -0.05) is 62.8 Å². The van der Waals surface area contributed by atoms with Crippen molar-refractivity contribution in [1.82, 2.24) is 29.3 Å². The third-order valence-corrected chi connectivity index (χ3v) is 13.7. The van der Waals surface area contributed by atoms with Crippen LogP contribution < -0.4 is 16.4 Å². The molecule has 1 amide bonds. The topological polar surface area (TPSA) is 108 Å². The van der Waals surface area contributed by atoms with Gasteiger partial charge in [-0.15, -0.1) is 0 Å². The summed E-state index contributed by atoms with van der Waals surface area (Å²) in [7, 11) is 0. The van der Waals surface area contributed by atoms with E-state index in [9.17, 15) is 14.4 Å². The zero-order valence-corrected chi connectivity index (χ0v) is 33.4. The Morgan fingerprint density at radius 2 is 1.17 bits per heavy atom. The number of hydrogen-bond acceptors (Lipinski definition) is 4. The maximum absolute atomic E-state index is 15.4. The van der Waals surface area contributed by atoms with Crippen molar-refractivity contribution in [2.24, 2.45) is 0 Å². The minimum atomic E-state index is -1.18. The van der Waals surface area contributed by atoms with Crippen molar-refractivity contribution in [3.8, 4) is 0 Å². The zero-order chi connectivity index (χ0) is 40.1. The number of carbonyl (C=O) groups excluding carboxylic acids is 1. The van der Waals surface area contributed by atoms with E-state index in [1.807, 2.05) is 30.9 Å². The maximum atomic E-state index is 15.4. The molecular formula is C47H52F2N6O3. The van der Waals surface area contributed by atoms with Crippen molar-refractivity contribution in [1.29, 1.82) is 0 Å². The van der Waals surface area contributed by atoms with Gasteiger partial charge in [0.1, 0.15) is 17.2 Å². The number of hydrogen-bond donors (Lipinski definition) is 3. The molecule has 9 rings (SSSR count). The number of rotatable bonds is 9. The average Bonchev–Trinajstić information content (AvgIpc) is 3.73. The Morgan fingerprint density at radius 3 is 1.62 bits per heavy atom. The van der Waals surface area contributed by atoms with Crippen molar-refractivity contribution < 1.29 is 13.6 Å². The molecule has 302 valence electrons. The molecule has 3 aliphatic rings. The van der Waals surface area contributed by atoms with Gasteiger partial charge >= 0.3 is 0 Å². The van der Waals surface area contributed by atoms with E-state index in [0.29, 0.717) is 43.6 Å². The quantitative estimate of drug-likeness (QED) is 0.128. The Hall–Kier alpha value is -5.29. The van der Waals surface area contributed by atoms with Crippen LogP contribution in [0.1, 0.15) is 121 Å². The minimum absolute atomic E-state index is 0.0864. The van der Waals surface area contributed by atoms with E-state index >= 15 is 8.78 Å². The lowest BCUT2D eigenvalue weighted by Gasteiger charge is -2.47. The van der Waals surface area contributed by atoms with Gasteiger partial charge in [-0.25, -0.2) is 8.78 Å². The highest BCUT2D eigenvalue weighted by atomic mass is 19.1. The summed E-state index contributed by atoms with van der Waals surface area (Å²) in [6.07, 6.45) is 15.5. The Kier molecular flexibility index (Phi) is 10.2. The van der Waals surface area contributed by atoms with Crippen molar-refractivity contribution in [3.05, 3.63) is 138 Å². The van der Waals surface area contributed by atoms with Crippen LogP contribution >= 0.6 is 0 Å². The number of aromatic nitrogens is 4. The van der Waals surface area contributed by atoms with Gasteiger partial charge in [-0.3, -0.25) is 14.4 Å². The second kappa shape index (κ2) is 15.5. The van der Waals surface area contributed by atoms with E-state index in [0.717, 1.165) is 126 Å². The van der Waals surface area contributed by atoms with E-state index < -0.39 is 5.54 Å². The van der Waals surface area contributed by atoms with E-state index in [1.165, 1.54) is 12.1 Å². The van der Waals surface area contributed by atoms with Crippen molar-refractivity contribution >= 4 is 28.2 Å². The number of carbonyl (C=O) groups is 1. The van der Waals surface area contributed by atoms with Gasteiger partial charge < -0.3 is 29.3 Å². The molecule has 58 heavy (non-hydrogen) atoms. The summed E-state index contributed by atoms with van der Waals surface area (Å²) in [5.41, 5.74) is 6.33. The molecule has 6 aromatic rings. The predicted molar refractivity (Wildman–Crippen MR) is 224 cm³/mol. The number of benzene rings is 2. The van der Waals surface area contributed by atoms with Crippen LogP contribution in [0.3, 0.4) is 0 Å². The van der Waals surface area contributed by atoms with E-state index in [2.05, 4.69) is 24.4 Å². The number of aromatic amines is 2. The minimum Gasteiger partial charge on any atom is -0.341 e. The van der Waals surface area contributed by atoms with Gasteiger partial charge in [-0.05, 0) is 73.9 Å². The lowest BCUT2D eigenvalue weighted by Crippen LogP contribution is -2.59. The molecule has 11 heteroatoms. The molecular weight excluding hydrogens is 735 g/mol. The molecule has 0 radical (unpaired) electrons. The van der Waals surface area contributed by atoms with E-state index in [-0.39, 0.29) is 34.8 Å². The highest BCUT2D eigenvalue weighted by molar-refractivity contribution is 5.92. The van der Waals surface area contributed by atoms with Gasteiger partial charge in [0.15, 0.2) is 0 Å². The number of nitrogens with one attached hydrogen (secondary N) is 3. The predicted octanol–water partition coefficient (Wildman–Crippen LogP) is 8.36. The molecule has 4 aromatic heterocycles. The van der Waals surface area contributed by atoms with Gasteiger partial charge in [0.05, 0.1) is 11.0 Å². The van der Waals surface area contributed by atoms with Crippen molar-refractivity contribution in [2.75, 3.05) is 19.6 Å². The number of pyridine rings is 2. The first-order valence-corrected chi connectivity index (χ1v) is 21.1. The molecule has 3 N–H and O–H groups in total. The standard InChI is InChI=1S/C47H52F2N6O3/c1-29-31(11-9-17-37(29)48)21-41-45(35-25-51-43(57)23-39(35)54(41)33-13-5-3-6-14-33)47(27-50-19-20-53(47)28-56)46-36-26-52-44(58)24-40(36)55(34-15-7-4-8-16-34)42(46)22-32-12-10-18-38(49)30(32)2/h9-12,17-18,23-26,28,33-34,50H,3-8,13-16,19-22,27H2,1-2H3,(H,51,57)(H,52,58). The molecule has 2 aromatic carbocycles. The van der Waals surface area contributed by atoms with Crippen LogP contribution in [0.5, 0.6) is 0 Å². The molecule has 1 saturated heterocycles. The molecule has 9 nitrogen and oxygen atoms in total. The molecule has 2 aliphatic carbocycles. The first kappa shape index (κ1) is 38.2. The highest BCUT2D eigenvalue weighted by Gasteiger charge is 2.50. The summed E-state index contributed by atoms with van der Waals surface area (Å²) in [4.78, 5) is 48.6. The van der Waals surface area contributed by atoms with Crippen LogP contribution in [-0.4, -0.2) is 50.0 Å². The number of halogens is 2. The Balaban J connectivity index is 1.46. The molecule has 1 aliphatic heterocycles. The molecule has 3 fully saturated rings. The Morgan fingerprint density at radius 1 is 0.707 bits per heavy atom. The first-order chi connectivity index (χ1) is 28.2. The van der Waals surface area contributed by atoms with E-state index in [1.54, 1.807) is 36.7 Å². The lowest BCUT2D eigenvalue weighted by atomic mass is 9.75. The fourth-order valence-corrected chi connectivity index (χ4v) is 10.9. The van der Waals surface area contributed by atoms with Crippen LogP contribution in [0, 0.1) is 25.5 Å². The molecule has 0 spiro atoms. The van der Waals surface area contributed by atoms with Crippen LogP contribution in [0.25, 0.3) is 21.8 Å². The van der Waals surface area contributed by atoms with Gasteiger partial charge in [0.2, 0.25) is 17.5 Å². The number of amides is 1. The zero-order valence-electron chi connectivity index (χ0n) is 33.4. The molecule has 0 bridgehead atoms. The lowest BCUT2D eigenvalue weighted by molar-refractivity contribution is -0.124. The number of H-pyrrole nitrogens is 2. The summed E-state index contributed by atoms with van der Waals surface area (Å²) < 4.78 is 35.6.